The first kappa shape index (κ1) is 21.2. The van der Waals surface area contributed by atoms with Gasteiger partial charge in [0.25, 0.3) is 0 Å². The molecule has 3 rings (SSSR count). The molecule has 0 spiro atoms. The number of hydrogen-bond donors (Lipinski definition) is 1. The zero-order valence-corrected chi connectivity index (χ0v) is 16.1. The van der Waals surface area contributed by atoms with E-state index < -0.39 is 27.5 Å². The molecule has 0 radical (unpaired) electrons. The Morgan fingerprint density at radius 2 is 2.07 bits per heavy atom. The molecule has 2 unspecified atom stereocenters. The number of hydrogen-bond acceptors (Lipinski definition) is 4. The molecule has 2 atom stereocenters. The predicted molar refractivity (Wildman–Crippen MR) is 98.2 cm³/mol. The average molecular weight is 428 g/mol. The average Bonchev–Trinajstić information content (AvgIpc) is 3.20. The van der Waals surface area contributed by atoms with E-state index in [1.54, 1.807) is 0 Å². The molecule has 2 heterocycles. The molecular weight excluding hydrogens is 409 g/mol. The summed E-state index contributed by atoms with van der Waals surface area (Å²) >= 11 is 0. The largest absolute Gasteiger partial charge is 0.416 e. The Balaban J connectivity index is 1.52. The summed E-state index contributed by atoms with van der Waals surface area (Å²) < 4.78 is 61.2. The van der Waals surface area contributed by atoms with Gasteiger partial charge in [-0.25, -0.2) is 8.42 Å². The van der Waals surface area contributed by atoms with E-state index >= 15 is 0 Å². The van der Waals surface area contributed by atoms with E-state index in [1.165, 1.54) is 17.0 Å². The van der Waals surface area contributed by atoms with Gasteiger partial charge in [-0.2, -0.15) is 13.2 Å². The van der Waals surface area contributed by atoms with Gasteiger partial charge in [0.15, 0.2) is 9.84 Å². The molecule has 29 heavy (non-hydrogen) atoms. The van der Waals surface area contributed by atoms with Crippen LogP contribution in [0.15, 0.2) is 24.3 Å². The van der Waals surface area contributed by atoms with Crippen LogP contribution in [0.4, 0.5) is 13.2 Å². The number of amides is 2. The second kappa shape index (κ2) is 8.06. The van der Waals surface area contributed by atoms with Crippen LogP contribution in [-0.4, -0.2) is 55.8 Å². The third-order valence-corrected chi connectivity index (χ3v) is 6.70. The second-order valence-electron chi connectivity index (χ2n) is 7.10. The summed E-state index contributed by atoms with van der Waals surface area (Å²) in [7, 11) is -3.13. The van der Waals surface area contributed by atoms with Crippen LogP contribution in [0.2, 0.25) is 0 Å². The van der Waals surface area contributed by atoms with Crippen LogP contribution in [0, 0.1) is 17.8 Å². The summed E-state index contributed by atoms with van der Waals surface area (Å²) in [5.74, 6) is 3.90. The van der Waals surface area contributed by atoms with Crippen LogP contribution >= 0.6 is 0 Å². The van der Waals surface area contributed by atoms with Gasteiger partial charge in [-0.3, -0.25) is 9.59 Å². The SMILES string of the molecule is O=C(NCC#Cc1cccc(C(F)(F)F)c1)C1CC(=O)N(C2CCS(=O)(=O)C2)C1. The van der Waals surface area contributed by atoms with Crippen LogP contribution in [0.1, 0.15) is 24.0 Å². The molecule has 2 aliphatic heterocycles. The van der Waals surface area contributed by atoms with E-state index in [0.29, 0.717) is 6.42 Å². The van der Waals surface area contributed by atoms with Crippen molar-refractivity contribution in [2.45, 2.75) is 25.1 Å². The molecule has 1 aromatic carbocycles. The van der Waals surface area contributed by atoms with Gasteiger partial charge in [0.1, 0.15) is 0 Å². The molecule has 156 valence electrons. The topological polar surface area (TPSA) is 83.6 Å². The van der Waals surface area contributed by atoms with Crippen molar-refractivity contribution in [3.63, 3.8) is 0 Å². The Morgan fingerprint density at radius 3 is 2.72 bits per heavy atom. The maximum Gasteiger partial charge on any atom is 0.416 e. The summed E-state index contributed by atoms with van der Waals surface area (Å²) in [5.41, 5.74) is -0.620. The molecule has 2 amide bonds. The molecule has 0 saturated carbocycles. The third-order valence-electron chi connectivity index (χ3n) is 4.95. The van der Waals surface area contributed by atoms with Gasteiger partial charge in [-0.15, -0.1) is 0 Å². The zero-order chi connectivity index (χ0) is 21.2. The standard InChI is InChI=1S/C19H19F3N2O4S/c20-19(21,22)15-5-1-3-13(9-15)4-2-7-23-18(26)14-10-17(25)24(11-14)16-6-8-29(27,28)12-16/h1,3,5,9,14,16H,6-8,10-12H2,(H,23,26). The first-order chi connectivity index (χ1) is 13.5. The van der Waals surface area contributed by atoms with Gasteiger partial charge < -0.3 is 10.2 Å². The van der Waals surface area contributed by atoms with Gasteiger partial charge in [-0.05, 0) is 24.6 Å². The van der Waals surface area contributed by atoms with Crippen molar-refractivity contribution in [1.29, 1.82) is 0 Å². The number of benzene rings is 1. The summed E-state index contributed by atoms with van der Waals surface area (Å²) in [6.07, 6.45) is -4.07. The monoisotopic (exact) mass is 428 g/mol. The van der Waals surface area contributed by atoms with Gasteiger partial charge in [0, 0.05) is 24.6 Å². The molecule has 0 bridgehead atoms. The molecule has 1 aromatic rings. The van der Waals surface area contributed by atoms with E-state index in [9.17, 15) is 31.2 Å². The van der Waals surface area contributed by atoms with Crippen molar-refractivity contribution >= 4 is 21.7 Å². The molecule has 10 heteroatoms. The Kier molecular flexibility index (Phi) is 5.89. The first-order valence-electron chi connectivity index (χ1n) is 8.99. The van der Waals surface area contributed by atoms with E-state index in [1.807, 2.05) is 0 Å². The van der Waals surface area contributed by atoms with E-state index in [4.69, 9.17) is 0 Å². The highest BCUT2D eigenvalue weighted by atomic mass is 32.2. The number of halogens is 3. The predicted octanol–water partition coefficient (Wildman–Crippen LogP) is 1.21. The van der Waals surface area contributed by atoms with E-state index in [2.05, 4.69) is 17.2 Å². The van der Waals surface area contributed by atoms with Gasteiger partial charge >= 0.3 is 6.18 Å². The van der Waals surface area contributed by atoms with Crippen LogP contribution in [0.25, 0.3) is 0 Å². The Labute approximate surface area is 166 Å². The fourth-order valence-corrected chi connectivity index (χ4v) is 5.21. The summed E-state index contributed by atoms with van der Waals surface area (Å²) in [6, 6.07) is 4.19. The summed E-state index contributed by atoms with van der Waals surface area (Å²) in [5, 5.41) is 2.56. The minimum absolute atomic E-state index is 0.00341. The summed E-state index contributed by atoms with van der Waals surface area (Å²) in [4.78, 5) is 25.9. The highest BCUT2D eigenvalue weighted by molar-refractivity contribution is 7.91. The Bertz CT molecular complexity index is 979. The number of rotatable bonds is 3. The lowest BCUT2D eigenvalue weighted by molar-refractivity contribution is -0.137. The minimum Gasteiger partial charge on any atom is -0.345 e. The molecule has 2 saturated heterocycles. The number of carbonyl (C=O) groups is 2. The molecule has 1 N–H and O–H groups in total. The second-order valence-corrected chi connectivity index (χ2v) is 9.33. The van der Waals surface area contributed by atoms with E-state index in [-0.39, 0.29) is 54.4 Å². The number of nitrogens with one attached hydrogen (secondary N) is 1. The number of alkyl halides is 3. The molecule has 0 aliphatic carbocycles. The summed E-state index contributed by atoms with van der Waals surface area (Å²) in [6.45, 7) is 0.0868. The van der Waals surface area contributed by atoms with Crippen LogP contribution < -0.4 is 5.32 Å². The third kappa shape index (κ3) is 5.29. The van der Waals surface area contributed by atoms with Crippen molar-refractivity contribution in [1.82, 2.24) is 10.2 Å². The van der Waals surface area contributed by atoms with Crippen molar-refractivity contribution < 1.29 is 31.2 Å². The fraction of sp³-hybridized carbons (Fsp3) is 0.474. The smallest absolute Gasteiger partial charge is 0.345 e. The lowest BCUT2D eigenvalue weighted by Crippen LogP contribution is -2.39. The van der Waals surface area contributed by atoms with Crippen molar-refractivity contribution in [2.24, 2.45) is 5.92 Å². The number of carbonyl (C=O) groups excluding carboxylic acids is 2. The van der Waals surface area contributed by atoms with Crippen LogP contribution in [-0.2, 0) is 25.6 Å². The molecule has 2 fully saturated rings. The maximum atomic E-state index is 12.7. The van der Waals surface area contributed by atoms with Gasteiger partial charge in [-0.1, -0.05) is 17.9 Å². The van der Waals surface area contributed by atoms with Crippen molar-refractivity contribution in [3.05, 3.63) is 35.4 Å². The quantitative estimate of drug-likeness (QED) is 0.734. The number of nitrogens with zero attached hydrogens (tertiary/aromatic N) is 1. The molecular formula is C19H19F3N2O4S. The fourth-order valence-electron chi connectivity index (χ4n) is 3.48. The van der Waals surface area contributed by atoms with Crippen molar-refractivity contribution in [2.75, 3.05) is 24.6 Å². The maximum absolute atomic E-state index is 12.7. The first-order valence-corrected chi connectivity index (χ1v) is 10.8. The normalized spacial score (nSPS) is 23.6. The Morgan fingerprint density at radius 1 is 1.31 bits per heavy atom. The lowest BCUT2D eigenvalue weighted by atomic mass is 10.1. The number of sulfone groups is 1. The molecule has 0 aromatic heterocycles. The van der Waals surface area contributed by atoms with E-state index in [0.717, 1.165) is 12.1 Å². The molecule has 2 aliphatic rings. The highest BCUT2D eigenvalue weighted by Crippen LogP contribution is 2.29. The zero-order valence-electron chi connectivity index (χ0n) is 15.3. The van der Waals surface area contributed by atoms with Crippen LogP contribution in [0.5, 0.6) is 0 Å². The van der Waals surface area contributed by atoms with Crippen LogP contribution in [0.3, 0.4) is 0 Å². The number of likely N-dealkylation sites (tertiary alicyclic amines) is 1. The van der Waals surface area contributed by atoms with Gasteiger partial charge in [0.05, 0.1) is 29.5 Å². The molecule has 6 nitrogen and oxygen atoms in total. The minimum atomic E-state index is -4.45. The van der Waals surface area contributed by atoms with Gasteiger partial charge in [0.2, 0.25) is 11.8 Å². The van der Waals surface area contributed by atoms with Crippen molar-refractivity contribution in [3.8, 4) is 11.8 Å². The highest BCUT2D eigenvalue weighted by Gasteiger charge is 2.41. The lowest BCUT2D eigenvalue weighted by Gasteiger charge is -2.22. The Hall–Kier alpha value is -2.54.